The number of carbonyl (C=O) groups is 1. The van der Waals surface area contributed by atoms with Gasteiger partial charge in [0.1, 0.15) is 0 Å². The predicted octanol–water partition coefficient (Wildman–Crippen LogP) is 5.62. The topological polar surface area (TPSA) is 20.3 Å². The van der Waals surface area contributed by atoms with Crippen molar-refractivity contribution in [2.24, 2.45) is 0 Å². The van der Waals surface area contributed by atoms with E-state index in [1.54, 1.807) is 0 Å². The molecule has 0 aromatic heterocycles. The number of benzene rings is 2. The molecule has 0 radical (unpaired) electrons. The third kappa shape index (κ3) is 4.70. The summed E-state index contributed by atoms with van der Waals surface area (Å²) >= 11 is 3.49. The fourth-order valence-corrected chi connectivity index (χ4v) is 3.53. The molecule has 1 atom stereocenters. The summed E-state index contributed by atoms with van der Waals surface area (Å²) in [5, 5.41) is 0. The number of carbonyl (C=O) groups excluding carboxylic acids is 1. The Hall–Kier alpha value is -1.61. The van der Waals surface area contributed by atoms with E-state index in [0.717, 1.165) is 4.47 Å². The summed E-state index contributed by atoms with van der Waals surface area (Å²) in [6.07, 6.45) is 0.488. The van der Waals surface area contributed by atoms with Crippen LogP contribution in [0.2, 0.25) is 0 Å². The van der Waals surface area contributed by atoms with Crippen LogP contribution in [0.3, 0.4) is 0 Å². The quantitative estimate of drug-likeness (QED) is 0.629. The van der Waals surface area contributed by atoms with E-state index >= 15 is 0 Å². The summed E-state index contributed by atoms with van der Waals surface area (Å²) < 4.78 is 1.05. The number of nitrogens with zero attached hydrogens (tertiary/aromatic N) is 1. The maximum absolute atomic E-state index is 13.0. The molecule has 24 heavy (non-hydrogen) atoms. The molecule has 2 aromatic carbocycles. The van der Waals surface area contributed by atoms with Crippen LogP contribution < -0.4 is 0 Å². The second kappa shape index (κ2) is 8.48. The van der Waals surface area contributed by atoms with E-state index in [9.17, 15) is 4.79 Å². The third-order valence-electron chi connectivity index (χ3n) is 4.25. The summed E-state index contributed by atoms with van der Waals surface area (Å²) in [7, 11) is 0. The van der Waals surface area contributed by atoms with Gasteiger partial charge in [0.05, 0.1) is 0 Å². The molecule has 3 heteroatoms. The Balaban J connectivity index is 2.33. The van der Waals surface area contributed by atoms with Crippen molar-refractivity contribution in [2.45, 2.75) is 52.1 Å². The second-order valence-corrected chi connectivity index (χ2v) is 7.62. The zero-order valence-corrected chi connectivity index (χ0v) is 16.5. The number of hydrogen-bond acceptors (Lipinski definition) is 1. The highest BCUT2D eigenvalue weighted by Gasteiger charge is 2.25. The highest BCUT2D eigenvalue weighted by molar-refractivity contribution is 9.10. The number of hydrogen-bond donors (Lipinski definition) is 0. The molecular weight excluding hydrogens is 362 g/mol. The lowest BCUT2D eigenvalue weighted by atomic mass is 9.88. The fourth-order valence-electron chi connectivity index (χ4n) is 3.26. The van der Waals surface area contributed by atoms with Crippen LogP contribution in [0, 0.1) is 0 Å². The predicted molar refractivity (Wildman–Crippen MR) is 104 cm³/mol. The van der Waals surface area contributed by atoms with Crippen LogP contribution in [0.15, 0.2) is 59.1 Å². The Kier molecular flexibility index (Phi) is 6.61. The Morgan fingerprint density at radius 2 is 1.38 bits per heavy atom. The van der Waals surface area contributed by atoms with Crippen LogP contribution in [-0.2, 0) is 4.79 Å². The molecule has 2 rings (SSSR count). The molecule has 0 spiro atoms. The summed E-state index contributed by atoms with van der Waals surface area (Å²) in [6, 6.07) is 19.0. The second-order valence-electron chi connectivity index (χ2n) is 6.71. The minimum Gasteiger partial charge on any atom is -0.338 e. The molecule has 0 aliphatic rings. The average Bonchev–Trinajstić information content (AvgIpc) is 2.53. The van der Waals surface area contributed by atoms with Gasteiger partial charge in [0.25, 0.3) is 0 Å². The lowest BCUT2D eigenvalue weighted by molar-refractivity contribution is -0.135. The minimum atomic E-state index is 0.0757. The van der Waals surface area contributed by atoms with Crippen molar-refractivity contribution >= 4 is 21.8 Å². The van der Waals surface area contributed by atoms with Crippen LogP contribution >= 0.6 is 15.9 Å². The Labute approximate surface area is 154 Å². The monoisotopic (exact) mass is 387 g/mol. The van der Waals surface area contributed by atoms with Gasteiger partial charge >= 0.3 is 0 Å². The molecular formula is C21H26BrNO. The highest BCUT2D eigenvalue weighted by atomic mass is 79.9. The maximum Gasteiger partial charge on any atom is 0.223 e. The molecule has 2 aromatic rings. The van der Waals surface area contributed by atoms with Crippen molar-refractivity contribution in [1.82, 2.24) is 4.90 Å². The Morgan fingerprint density at radius 1 is 0.875 bits per heavy atom. The first-order valence-electron chi connectivity index (χ1n) is 8.51. The lowest BCUT2D eigenvalue weighted by Gasteiger charge is -2.32. The van der Waals surface area contributed by atoms with E-state index in [1.165, 1.54) is 11.1 Å². The third-order valence-corrected chi connectivity index (χ3v) is 4.78. The Bertz CT molecular complexity index is 641. The summed E-state index contributed by atoms with van der Waals surface area (Å²) in [5.74, 6) is 0.281. The van der Waals surface area contributed by atoms with Gasteiger partial charge in [-0.3, -0.25) is 4.79 Å². The normalized spacial score (nSPS) is 12.5. The van der Waals surface area contributed by atoms with Crippen molar-refractivity contribution in [3.63, 3.8) is 0 Å². The van der Waals surface area contributed by atoms with Gasteiger partial charge in [-0.05, 0) is 51.0 Å². The van der Waals surface area contributed by atoms with Gasteiger partial charge in [-0.15, -0.1) is 0 Å². The van der Waals surface area contributed by atoms with Gasteiger partial charge in [-0.1, -0.05) is 58.4 Å². The van der Waals surface area contributed by atoms with Crippen LogP contribution in [0.25, 0.3) is 0 Å². The summed E-state index contributed by atoms with van der Waals surface area (Å²) in [4.78, 5) is 14.9. The maximum atomic E-state index is 13.0. The zero-order valence-electron chi connectivity index (χ0n) is 14.9. The SMILES string of the molecule is CC(C)N(C(=O)CC(c1ccccc1)c1ccc(Br)cc1)C(C)C. The largest absolute Gasteiger partial charge is 0.338 e. The van der Waals surface area contributed by atoms with Gasteiger partial charge in [0, 0.05) is 28.9 Å². The van der Waals surface area contributed by atoms with Gasteiger partial charge in [-0.25, -0.2) is 0 Å². The van der Waals surface area contributed by atoms with Gasteiger partial charge < -0.3 is 4.90 Å². The average molecular weight is 388 g/mol. The lowest BCUT2D eigenvalue weighted by Crippen LogP contribution is -2.42. The van der Waals surface area contributed by atoms with E-state index in [4.69, 9.17) is 0 Å². The zero-order chi connectivity index (χ0) is 17.7. The molecule has 0 saturated carbocycles. The van der Waals surface area contributed by atoms with Crippen molar-refractivity contribution < 1.29 is 4.79 Å². The Morgan fingerprint density at radius 3 is 1.88 bits per heavy atom. The van der Waals surface area contributed by atoms with Crippen molar-refractivity contribution in [3.05, 3.63) is 70.2 Å². The molecule has 1 unspecified atom stereocenters. The number of amides is 1. The highest BCUT2D eigenvalue weighted by Crippen LogP contribution is 2.30. The van der Waals surface area contributed by atoms with E-state index in [-0.39, 0.29) is 23.9 Å². The molecule has 2 nitrogen and oxygen atoms in total. The van der Waals surface area contributed by atoms with Crippen molar-refractivity contribution in [3.8, 4) is 0 Å². The molecule has 0 saturated heterocycles. The van der Waals surface area contributed by atoms with E-state index in [0.29, 0.717) is 6.42 Å². The van der Waals surface area contributed by atoms with E-state index < -0.39 is 0 Å². The van der Waals surface area contributed by atoms with Gasteiger partial charge in [0.2, 0.25) is 5.91 Å². The van der Waals surface area contributed by atoms with Crippen LogP contribution in [-0.4, -0.2) is 22.9 Å². The fraction of sp³-hybridized carbons (Fsp3) is 0.381. The van der Waals surface area contributed by atoms with Gasteiger partial charge in [-0.2, -0.15) is 0 Å². The van der Waals surface area contributed by atoms with E-state index in [2.05, 4.69) is 67.9 Å². The molecule has 0 aliphatic heterocycles. The van der Waals surface area contributed by atoms with Crippen LogP contribution in [0.1, 0.15) is 51.2 Å². The molecule has 1 amide bonds. The molecule has 0 aliphatic carbocycles. The van der Waals surface area contributed by atoms with Crippen molar-refractivity contribution in [2.75, 3.05) is 0 Å². The standard InChI is InChI=1S/C21H26BrNO/c1-15(2)23(16(3)4)21(24)14-20(17-8-6-5-7-9-17)18-10-12-19(22)13-11-18/h5-13,15-16,20H,14H2,1-4H3. The summed E-state index contributed by atoms with van der Waals surface area (Å²) in [6.45, 7) is 8.31. The van der Waals surface area contributed by atoms with E-state index in [1.807, 2.05) is 35.2 Å². The number of rotatable bonds is 6. The first kappa shape index (κ1) is 18.7. The first-order chi connectivity index (χ1) is 11.4. The molecule has 0 fully saturated rings. The van der Waals surface area contributed by atoms with Crippen LogP contribution in [0.4, 0.5) is 0 Å². The van der Waals surface area contributed by atoms with Gasteiger partial charge in [0.15, 0.2) is 0 Å². The molecule has 0 N–H and O–H groups in total. The summed E-state index contributed by atoms with van der Waals surface area (Å²) in [5.41, 5.74) is 2.35. The molecule has 0 bridgehead atoms. The number of halogens is 1. The molecule has 128 valence electrons. The smallest absolute Gasteiger partial charge is 0.223 e. The van der Waals surface area contributed by atoms with Crippen molar-refractivity contribution in [1.29, 1.82) is 0 Å². The molecule has 0 heterocycles. The minimum absolute atomic E-state index is 0.0757. The van der Waals surface area contributed by atoms with Crippen LogP contribution in [0.5, 0.6) is 0 Å². The first-order valence-corrected chi connectivity index (χ1v) is 9.31.